The van der Waals surface area contributed by atoms with Crippen molar-refractivity contribution in [2.24, 2.45) is 5.73 Å². The van der Waals surface area contributed by atoms with Crippen LogP contribution >= 0.6 is 7.82 Å². The van der Waals surface area contributed by atoms with Gasteiger partial charge in [0, 0.05) is 13.0 Å². The van der Waals surface area contributed by atoms with Gasteiger partial charge in [0.25, 0.3) is 0 Å². The number of carbonyl (C=O) groups excluding carboxylic acids is 1. The molecule has 8 nitrogen and oxygen atoms in total. The Hall–Kier alpha value is -1.18. The van der Waals surface area contributed by atoms with Crippen molar-refractivity contribution in [3.8, 4) is 0 Å². The highest BCUT2D eigenvalue weighted by Crippen LogP contribution is 2.43. The second-order valence-electron chi connectivity index (χ2n) is 14.6. The normalized spacial score (nSPS) is 13.6. The van der Waals surface area contributed by atoms with Gasteiger partial charge in [0.05, 0.1) is 19.5 Å². The number of phosphoric ester groups is 1. The summed E-state index contributed by atoms with van der Waals surface area (Å²) < 4.78 is 33.2. The summed E-state index contributed by atoms with van der Waals surface area (Å²) in [4.78, 5) is 22.3. The molecule has 0 saturated heterocycles. The maximum Gasteiger partial charge on any atom is 0.472 e. The zero-order valence-electron chi connectivity index (χ0n) is 34.1. The van der Waals surface area contributed by atoms with E-state index in [9.17, 15) is 14.3 Å². The van der Waals surface area contributed by atoms with Gasteiger partial charge in [-0.1, -0.05) is 174 Å². The van der Waals surface area contributed by atoms with Crippen molar-refractivity contribution in [1.82, 2.24) is 0 Å². The number of carbonyl (C=O) groups is 1. The molecule has 0 spiro atoms. The maximum atomic E-state index is 12.4. The van der Waals surface area contributed by atoms with Crippen LogP contribution in [0.25, 0.3) is 0 Å². The van der Waals surface area contributed by atoms with Crippen molar-refractivity contribution < 1.29 is 32.8 Å². The lowest BCUT2D eigenvalue weighted by atomic mass is 10.0. The third-order valence-corrected chi connectivity index (χ3v) is 10.4. The van der Waals surface area contributed by atoms with E-state index >= 15 is 0 Å². The van der Waals surface area contributed by atoms with E-state index in [0.717, 1.165) is 32.1 Å². The van der Waals surface area contributed by atoms with E-state index in [1.807, 2.05) is 6.08 Å². The average molecular weight is 758 g/mol. The molecule has 0 aromatic rings. The van der Waals surface area contributed by atoms with E-state index in [1.54, 1.807) is 6.26 Å². The Morgan fingerprint density at radius 3 is 1.44 bits per heavy atom. The molecule has 0 bridgehead atoms. The third kappa shape index (κ3) is 40.0. The number of hydrogen-bond donors (Lipinski definition) is 2. The zero-order chi connectivity index (χ0) is 38.1. The van der Waals surface area contributed by atoms with Crippen LogP contribution in [0.1, 0.15) is 213 Å². The summed E-state index contributed by atoms with van der Waals surface area (Å²) in [6.07, 6.45) is 45.8. The average Bonchev–Trinajstić information content (AvgIpc) is 3.14. The molecule has 0 aliphatic rings. The number of esters is 1. The van der Waals surface area contributed by atoms with Crippen LogP contribution in [0.4, 0.5) is 0 Å². The monoisotopic (exact) mass is 758 g/mol. The number of hydrogen-bond acceptors (Lipinski definition) is 7. The highest BCUT2D eigenvalue weighted by molar-refractivity contribution is 7.47. The smallest absolute Gasteiger partial charge is 0.472 e. The summed E-state index contributed by atoms with van der Waals surface area (Å²) >= 11 is 0. The van der Waals surface area contributed by atoms with Gasteiger partial charge in [0.2, 0.25) is 0 Å². The lowest BCUT2D eigenvalue weighted by molar-refractivity contribution is -0.147. The van der Waals surface area contributed by atoms with Crippen LogP contribution in [0.3, 0.4) is 0 Å². The van der Waals surface area contributed by atoms with Crippen LogP contribution in [0, 0.1) is 0 Å². The van der Waals surface area contributed by atoms with Crippen LogP contribution in [0.2, 0.25) is 0 Å². The Morgan fingerprint density at radius 2 is 0.981 bits per heavy atom. The second kappa shape index (κ2) is 41.0. The number of allylic oxidation sites excluding steroid dienone is 3. The molecule has 3 N–H and O–H groups in total. The van der Waals surface area contributed by atoms with Gasteiger partial charge in [0.1, 0.15) is 6.61 Å². The minimum absolute atomic E-state index is 0.0624. The van der Waals surface area contributed by atoms with E-state index in [2.05, 4.69) is 26.0 Å². The molecule has 0 aliphatic heterocycles. The minimum Gasteiger partial charge on any atom is -0.492 e. The van der Waals surface area contributed by atoms with Crippen LogP contribution in [-0.2, 0) is 27.9 Å². The first-order valence-corrected chi connectivity index (χ1v) is 23.4. The van der Waals surface area contributed by atoms with E-state index in [0.29, 0.717) is 6.42 Å². The number of unbranched alkanes of at least 4 members (excludes halogenated alkanes) is 27. The van der Waals surface area contributed by atoms with Crippen molar-refractivity contribution >= 4 is 13.8 Å². The summed E-state index contributed by atoms with van der Waals surface area (Å²) in [5, 5.41) is 0. The molecule has 0 heterocycles. The van der Waals surface area contributed by atoms with Crippen LogP contribution in [0.5, 0.6) is 0 Å². The highest BCUT2D eigenvalue weighted by Gasteiger charge is 2.24. The van der Waals surface area contributed by atoms with Gasteiger partial charge < -0.3 is 20.1 Å². The van der Waals surface area contributed by atoms with Gasteiger partial charge >= 0.3 is 13.8 Å². The summed E-state index contributed by atoms with van der Waals surface area (Å²) in [5.41, 5.74) is 5.36. The van der Waals surface area contributed by atoms with E-state index in [1.165, 1.54) is 161 Å². The van der Waals surface area contributed by atoms with Crippen molar-refractivity contribution in [3.63, 3.8) is 0 Å². The molecular weight excluding hydrogens is 673 g/mol. The SMILES string of the molecule is CCCCCCC=CCCCCCCCCC=CO[C@H](COC(=O)CCCCCCCCCCCCCCCCCCC)COP(=O)(O)OCCN. The lowest BCUT2D eigenvalue weighted by Crippen LogP contribution is -2.25. The first kappa shape index (κ1) is 50.8. The zero-order valence-corrected chi connectivity index (χ0v) is 35.0. The molecule has 0 saturated carbocycles. The quantitative estimate of drug-likeness (QED) is 0.0208. The summed E-state index contributed by atoms with van der Waals surface area (Å²) in [7, 11) is -4.26. The minimum atomic E-state index is -4.26. The van der Waals surface area contributed by atoms with Crippen LogP contribution in [0.15, 0.2) is 24.5 Å². The summed E-state index contributed by atoms with van der Waals surface area (Å²) in [5.74, 6) is -0.288. The fourth-order valence-electron chi connectivity index (χ4n) is 6.15. The lowest BCUT2D eigenvalue weighted by Gasteiger charge is -2.19. The molecule has 0 aliphatic carbocycles. The molecule has 0 fully saturated rings. The molecule has 2 atom stereocenters. The molecule has 0 aromatic carbocycles. The molecule has 0 amide bonds. The predicted molar refractivity (Wildman–Crippen MR) is 219 cm³/mol. The van der Waals surface area contributed by atoms with E-state index in [4.69, 9.17) is 24.3 Å². The molecule has 308 valence electrons. The van der Waals surface area contributed by atoms with Crippen molar-refractivity contribution in [2.45, 2.75) is 219 Å². The van der Waals surface area contributed by atoms with Crippen LogP contribution in [-0.4, -0.2) is 43.3 Å². The fourth-order valence-corrected chi connectivity index (χ4v) is 6.92. The van der Waals surface area contributed by atoms with Gasteiger partial charge in [-0.3, -0.25) is 13.8 Å². The number of rotatable bonds is 42. The second-order valence-corrected chi connectivity index (χ2v) is 16.1. The number of nitrogens with two attached hydrogens (primary N) is 1. The highest BCUT2D eigenvalue weighted by atomic mass is 31.2. The van der Waals surface area contributed by atoms with E-state index in [-0.39, 0.29) is 32.3 Å². The Kier molecular flexibility index (Phi) is 40.1. The third-order valence-electron chi connectivity index (χ3n) is 9.46. The molecule has 0 radical (unpaired) electrons. The van der Waals surface area contributed by atoms with Gasteiger partial charge in [-0.15, -0.1) is 0 Å². The molecule has 9 heteroatoms. The fraction of sp³-hybridized carbons (Fsp3) is 0.884. The molecule has 0 rings (SSSR count). The standard InChI is InChI=1S/C43H84NO7P/c1-3-5-7-9-11-13-15-17-19-21-22-24-26-28-30-32-34-36-43(45)49-40-42(41-51-52(46,47)50-39-37-44)48-38-35-33-31-29-27-25-23-20-18-16-14-12-10-8-6-4-2/h14,16,35,38,42H,3-13,15,17-34,36-37,39-41,44H2,1-2H3,(H,46,47)/t42-/m1/s1. The van der Waals surface area contributed by atoms with Crippen LogP contribution < -0.4 is 5.73 Å². The summed E-state index contributed by atoms with van der Waals surface area (Å²) in [6.45, 7) is 4.22. The van der Waals surface area contributed by atoms with Crippen molar-refractivity contribution in [2.75, 3.05) is 26.4 Å². The van der Waals surface area contributed by atoms with Gasteiger partial charge in [-0.25, -0.2) is 4.57 Å². The Morgan fingerprint density at radius 1 is 0.577 bits per heavy atom. The molecule has 1 unspecified atom stereocenters. The van der Waals surface area contributed by atoms with E-state index < -0.39 is 13.9 Å². The number of phosphoric acid groups is 1. The predicted octanol–water partition coefficient (Wildman–Crippen LogP) is 13.2. The van der Waals surface area contributed by atoms with Gasteiger partial charge in [0.15, 0.2) is 6.10 Å². The molecule has 0 aromatic heterocycles. The first-order chi connectivity index (χ1) is 25.4. The Bertz CT molecular complexity index is 853. The largest absolute Gasteiger partial charge is 0.492 e. The molecular formula is C43H84NO7P. The summed E-state index contributed by atoms with van der Waals surface area (Å²) in [6, 6.07) is 0. The Labute approximate surface area is 321 Å². The molecule has 52 heavy (non-hydrogen) atoms. The number of ether oxygens (including phenoxy) is 2. The first-order valence-electron chi connectivity index (χ1n) is 21.9. The Balaban J connectivity index is 4.05. The maximum absolute atomic E-state index is 12.4. The van der Waals surface area contributed by atoms with Gasteiger partial charge in [-0.05, 0) is 51.0 Å². The van der Waals surface area contributed by atoms with Crippen molar-refractivity contribution in [3.05, 3.63) is 24.5 Å². The van der Waals surface area contributed by atoms with Crippen molar-refractivity contribution in [1.29, 1.82) is 0 Å². The topological polar surface area (TPSA) is 117 Å². The van der Waals surface area contributed by atoms with Gasteiger partial charge in [-0.2, -0.15) is 0 Å².